The first-order valence-electron chi connectivity index (χ1n) is 13.4. The lowest BCUT2D eigenvalue weighted by atomic mass is 10.1. The third-order valence-corrected chi connectivity index (χ3v) is 10.3. The molecule has 0 spiro atoms. The molecule has 2 bridgehead atoms. The number of hydrogen-bond acceptors (Lipinski definition) is 17. The summed E-state index contributed by atoms with van der Waals surface area (Å²) in [4.78, 5) is 55.3. The number of rotatable bonds is 2. The van der Waals surface area contributed by atoms with Crippen LogP contribution in [-0.2, 0) is 32.2 Å². The van der Waals surface area contributed by atoms with Crippen LogP contribution in [0.5, 0.6) is 0 Å². The Hall–Kier alpha value is -3.54. The Labute approximate surface area is 258 Å². The molecule has 4 aromatic rings. The molecule has 0 aliphatic carbocycles. The Balaban J connectivity index is 1.26. The molecule has 3 aliphatic heterocycles. The Bertz CT molecular complexity index is 2030. The molecule has 0 amide bonds. The second kappa shape index (κ2) is 11.0. The van der Waals surface area contributed by atoms with Crippen molar-refractivity contribution in [2.75, 3.05) is 18.1 Å². The van der Waals surface area contributed by atoms with Gasteiger partial charge in [-0.3, -0.25) is 37.0 Å². The minimum Gasteiger partial charge on any atom is -0.387 e. The summed E-state index contributed by atoms with van der Waals surface area (Å²) in [5.41, 5.74) is 5.34. The molecule has 7 heterocycles. The van der Waals surface area contributed by atoms with Gasteiger partial charge in [0.15, 0.2) is 35.1 Å². The van der Waals surface area contributed by atoms with Gasteiger partial charge in [0, 0.05) is 0 Å². The summed E-state index contributed by atoms with van der Waals surface area (Å²) in [5, 5.41) is 22.1. The van der Waals surface area contributed by atoms with Crippen molar-refractivity contribution in [1.29, 1.82) is 0 Å². The zero-order chi connectivity index (χ0) is 33.6. The first-order chi connectivity index (χ1) is 22.1. The number of ether oxygens (including phenoxy) is 2. The number of nitrogen functional groups attached to an aromatic ring is 2. The molecule has 3 saturated heterocycles. The fourth-order valence-electron chi connectivity index (χ4n) is 5.57. The van der Waals surface area contributed by atoms with Gasteiger partial charge in [-0.2, -0.15) is 13.8 Å². The van der Waals surface area contributed by atoms with Crippen molar-refractivity contribution in [3.8, 4) is 0 Å². The number of nitrogens with zero attached hydrogens (tertiary/aromatic N) is 7. The van der Waals surface area contributed by atoms with E-state index in [2.05, 4.69) is 29.9 Å². The number of fused-ring (bicyclic) bond motifs is 5. The van der Waals surface area contributed by atoms with E-state index < -0.39 is 88.7 Å². The first-order valence-corrected chi connectivity index (χ1v) is 16.5. The van der Waals surface area contributed by atoms with Gasteiger partial charge in [-0.05, 0) is 0 Å². The van der Waals surface area contributed by atoms with Crippen LogP contribution >= 0.6 is 15.4 Å². The number of phosphoric ester groups is 1. The summed E-state index contributed by atoms with van der Waals surface area (Å²) in [5.74, 6) is -0.448. The molecule has 254 valence electrons. The quantitative estimate of drug-likeness (QED) is 0.119. The number of halogens is 2. The standard InChI is InChI=1S/C21H24F2N10O12P2/c22-21(23)1-6-12(11(35)18(42-6)32-4-28-8-14(24)26-3-27-15(8)32)45-47(39,40)41-2-7-10(34)13(44-46(21,37)38)19(43-7)33-5-29-9-16(33)30-20(25)31-17(9)36/h3-7,10-13,18-19,34-35H,1-2H2,(H,37,38)(H,39,40)(H2,24,26,27)(H3,25,30,31,36)/t6-,7-,10?,11?,12+,13+,18-,19-/m1/s1. The largest absolute Gasteiger partial charge is 0.472 e. The summed E-state index contributed by atoms with van der Waals surface area (Å²) in [6.45, 7) is -0.972. The SMILES string of the molecule is Nc1nc2c(ncn2[C@@H]2O[C@@H]3COP(=O)(O)O[C@@H]4C(O)[C@H](n5cnc6c(N)ncnc65)O[C@@H]4CC(F)(F)P(=O)(O)O[C@H]2C3O)c(=O)[nH]1. The van der Waals surface area contributed by atoms with Gasteiger partial charge in [0.25, 0.3) is 5.56 Å². The van der Waals surface area contributed by atoms with Crippen molar-refractivity contribution in [3.63, 3.8) is 0 Å². The zero-order valence-electron chi connectivity index (χ0n) is 23.3. The van der Waals surface area contributed by atoms with Crippen LogP contribution in [0, 0.1) is 0 Å². The van der Waals surface area contributed by atoms with Crippen molar-refractivity contribution in [2.24, 2.45) is 0 Å². The summed E-state index contributed by atoms with van der Waals surface area (Å²) in [7, 11) is -11.4. The van der Waals surface area contributed by atoms with Crippen LogP contribution in [0.25, 0.3) is 22.3 Å². The molecular weight excluding hydrogens is 684 g/mol. The smallest absolute Gasteiger partial charge is 0.387 e. The predicted molar refractivity (Wildman–Crippen MR) is 147 cm³/mol. The first kappa shape index (κ1) is 32.0. The van der Waals surface area contributed by atoms with Crippen LogP contribution in [0.2, 0.25) is 0 Å². The van der Waals surface area contributed by atoms with Crippen LogP contribution in [0.4, 0.5) is 20.5 Å². The number of aliphatic hydroxyl groups excluding tert-OH is 2. The topological polar surface area (TPSA) is 320 Å². The zero-order valence-corrected chi connectivity index (χ0v) is 25.0. The molecule has 0 radical (unpaired) electrons. The van der Waals surface area contributed by atoms with Gasteiger partial charge in [0.05, 0.1) is 31.8 Å². The van der Waals surface area contributed by atoms with E-state index in [9.17, 15) is 33.9 Å². The van der Waals surface area contributed by atoms with Gasteiger partial charge in [-0.1, -0.05) is 0 Å². The average Bonchev–Trinajstić information content (AvgIpc) is 3.74. The molecule has 47 heavy (non-hydrogen) atoms. The highest BCUT2D eigenvalue weighted by atomic mass is 31.2. The Kier molecular flexibility index (Phi) is 7.50. The van der Waals surface area contributed by atoms with E-state index >= 15 is 8.78 Å². The molecule has 22 nitrogen and oxygen atoms in total. The molecule has 4 aromatic heterocycles. The van der Waals surface area contributed by atoms with Crippen LogP contribution in [-0.4, -0.2) is 108 Å². The third kappa shape index (κ3) is 5.31. The second-order valence-electron chi connectivity index (χ2n) is 10.8. The number of aromatic amines is 1. The number of hydrogen-bond donors (Lipinski definition) is 7. The number of nitrogens with one attached hydrogen (secondary N) is 1. The van der Waals surface area contributed by atoms with Crippen molar-refractivity contribution >= 4 is 49.5 Å². The third-order valence-electron chi connectivity index (χ3n) is 7.79. The summed E-state index contributed by atoms with van der Waals surface area (Å²) in [6, 6.07) is 0. The summed E-state index contributed by atoms with van der Waals surface area (Å²) < 4.78 is 86.4. The second-order valence-corrected chi connectivity index (χ2v) is 14.1. The van der Waals surface area contributed by atoms with Gasteiger partial charge >= 0.3 is 21.1 Å². The molecule has 7 rings (SSSR count). The summed E-state index contributed by atoms with van der Waals surface area (Å²) in [6.07, 6.45) is -14.0. The van der Waals surface area contributed by atoms with E-state index in [1.54, 1.807) is 0 Å². The van der Waals surface area contributed by atoms with Crippen molar-refractivity contribution in [3.05, 3.63) is 29.3 Å². The van der Waals surface area contributed by atoms with E-state index in [1.807, 2.05) is 0 Å². The van der Waals surface area contributed by atoms with Crippen molar-refractivity contribution in [2.45, 2.75) is 61.2 Å². The number of phosphoric acid groups is 1. The van der Waals surface area contributed by atoms with E-state index in [1.165, 1.54) is 0 Å². The van der Waals surface area contributed by atoms with E-state index in [0.717, 1.165) is 28.1 Å². The van der Waals surface area contributed by atoms with E-state index in [0.29, 0.717) is 0 Å². The number of anilines is 2. The van der Waals surface area contributed by atoms with Gasteiger partial charge in [-0.15, -0.1) is 0 Å². The molecule has 4 unspecified atom stereocenters. The Morgan fingerprint density at radius 1 is 0.915 bits per heavy atom. The van der Waals surface area contributed by atoms with Crippen LogP contribution in [0.3, 0.4) is 0 Å². The molecule has 3 fully saturated rings. The maximum Gasteiger partial charge on any atom is 0.472 e. The van der Waals surface area contributed by atoms with Crippen molar-refractivity contribution in [1.82, 2.24) is 39.0 Å². The fourth-order valence-corrected chi connectivity index (χ4v) is 7.66. The number of alkyl halides is 2. The van der Waals surface area contributed by atoms with Crippen LogP contribution in [0.1, 0.15) is 18.9 Å². The number of H-pyrrole nitrogens is 1. The predicted octanol–water partition coefficient (Wildman–Crippen LogP) is -1.29. The van der Waals surface area contributed by atoms with E-state index in [-0.39, 0.29) is 34.1 Å². The molecule has 26 heteroatoms. The van der Waals surface area contributed by atoms with Crippen LogP contribution in [0.15, 0.2) is 23.8 Å². The molecule has 3 aliphatic rings. The molecule has 0 saturated carbocycles. The van der Waals surface area contributed by atoms with Crippen LogP contribution < -0.4 is 17.0 Å². The lowest BCUT2D eigenvalue weighted by Crippen LogP contribution is -2.38. The van der Waals surface area contributed by atoms with Gasteiger partial charge < -0.3 is 40.9 Å². The highest BCUT2D eigenvalue weighted by Crippen LogP contribution is 2.63. The normalized spacial score (nSPS) is 37.7. The number of aromatic nitrogens is 8. The average molecular weight is 708 g/mol. The highest BCUT2D eigenvalue weighted by molar-refractivity contribution is 7.54. The highest BCUT2D eigenvalue weighted by Gasteiger charge is 2.61. The number of aliphatic hydroxyl groups is 2. The van der Waals surface area contributed by atoms with Gasteiger partial charge in [-0.25, -0.2) is 24.5 Å². The van der Waals surface area contributed by atoms with Gasteiger partial charge in [0.1, 0.15) is 42.4 Å². The lowest BCUT2D eigenvalue weighted by molar-refractivity contribution is -0.0804. The molecule has 0 aromatic carbocycles. The number of nitrogens with two attached hydrogens (primary N) is 2. The minimum atomic E-state index is -6.15. The monoisotopic (exact) mass is 708 g/mol. The minimum absolute atomic E-state index is 0.0132. The Morgan fingerprint density at radius 2 is 1.60 bits per heavy atom. The maximum absolute atomic E-state index is 15.8. The molecule has 9 N–H and O–H groups in total. The van der Waals surface area contributed by atoms with Crippen molar-refractivity contribution < 1.29 is 61.0 Å². The number of imidazole rings is 2. The fraction of sp³-hybridized carbons (Fsp3) is 0.524. The Morgan fingerprint density at radius 3 is 2.34 bits per heavy atom. The summed E-state index contributed by atoms with van der Waals surface area (Å²) >= 11 is 0. The molecule has 10 atom stereocenters. The lowest BCUT2D eigenvalue weighted by Gasteiger charge is -2.30. The van der Waals surface area contributed by atoms with E-state index in [4.69, 9.17) is 34.5 Å². The van der Waals surface area contributed by atoms with Gasteiger partial charge in [0.2, 0.25) is 5.95 Å². The maximum atomic E-state index is 15.8. The molecular formula is C21H24F2N10O12P2.